The first-order valence-electron chi connectivity index (χ1n) is 9.35. The molecule has 1 N–H and O–H groups in total. The lowest BCUT2D eigenvalue weighted by Crippen LogP contribution is -2.38. The fourth-order valence-corrected chi connectivity index (χ4v) is 2.90. The van der Waals surface area contributed by atoms with Crippen LogP contribution in [0.5, 0.6) is 0 Å². The van der Waals surface area contributed by atoms with E-state index in [2.05, 4.69) is 5.32 Å². The molecule has 0 fully saturated rings. The number of carbonyl (C=O) groups is 3. The molecule has 0 spiro atoms. The molecular weight excluding hydrogens is 378 g/mol. The average molecular weight is 402 g/mol. The molecule has 0 atom stereocenters. The normalized spacial score (nSPS) is 10.5. The summed E-state index contributed by atoms with van der Waals surface area (Å²) >= 11 is 0. The predicted octanol–water partition coefficient (Wildman–Crippen LogP) is 4.03. The van der Waals surface area contributed by atoms with E-state index in [-0.39, 0.29) is 37.6 Å². The third-order valence-electron chi connectivity index (χ3n) is 4.56. The molecule has 2 rings (SSSR count). The van der Waals surface area contributed by atoms with Gasteiger partial charge in [0.25, 0.3) is 0 Å². The van der Waals surface area contributed by atoms with Crippen molar-refractivity contribution in [1.82, 2.24) is 4.90 Å². The molecule has 7 heteroatoms. The van der Waals surface area contributed by atoms with Crippen molar-refractivity contribution in [3.63, 3.8) is 0 Å². The molecule has 5 nitrogen and oxygen atoms in total. The lowest BCUT2D eigenvalue weighted by atomic mass is 9.99. The maximum atomic E-state index is 13.6. The Morgan fingerprint density at radius 1 is 1.00 bits per heavy atom. The zero-order valence-electron chi connectivity index (χ0n) is 16.7. The van der Waals surface area contributed by atoms with Crippen LogP contribution in [0.25, 0.3) is 0 Å². The van der Waals surface area contributed by atoms with Crippen LogP contribution in [-0.2, 0) is 9.59 Å². The molecule has 0 bridgehead atoms. The summed E-state index contributed by atoms with van der Waals surface area (Å²) < 4.78 is 27.3. The van der Waals surface area contributed by atoms with Crippen LogP contribution in [0.3, 0.4) is 0 Å². The number of hydrogen-bond acceptors (Lipinski definition) is 3. The van der Waals surface area contributed by atoms with Gasteiger partial charge in [-0.05, 0) is 44.5 Å². The van der Waals surface area contributed by atoms with E-state index < -0.39 is 23.2 Å². The highest BCUT2D eigenvalue weighted by atomic mass is 19.1. The number of para-hydroxylation sites is 1. The number of aryl methyl sites for hydroxylation is 2. The lowest BCUT2D eigenvalue weighted by Gasteiger charge is -2.20. The first kappa shape index (κ1) is 22.2. The Morgan fingerprint density at radius 3 is 2.28 bits per heavy atom. The minimum Gasteiger partial charge on any atom is -0.334 e. The number of halogens is 2. The maximum Gasteiger partial charge on any atom is 0.244 e. The van der Waals surface area contributed by atoms with Crippen molar-refractivity contribution >= 4 is 23.3 Å². The van der Waals surface area contributed by atoms with Crippen LogP contribution in [0.4, 0.5) is 14.5 Å². The highest BCUT2D eigenvalue weighted by Crippen LogP contribution is 2.18. The fraction of sp³-hybridized carbons (Fsp3) is 0.318. The third-order valence-corrected chi connectivity index (χ3v) is 4.56. The largest absolute Gasteiger partial charge is 0.334 e. The van der Waals surface area contributed by atoms with Gasteiger partial charge in [0.05, 0.1) is 6.54 Å². The Kier molecular flexibility index (Phi) is 7.59. The van der Waals surface area contributed by atoms with Gasteiger partial charge in [0.2, 0.25) is 11.8 Å². The maximum absolute atomic E-state index is 13.6. The Hall–Kier alpha value is -3.09. The van der Waals surface area contributed by atoms with Gasteiger partial charge in [-0.1, -0.05) is 23.8 Å². The number of nitrogens with one attached hydrogen (secondary N) is 1. The SMILES string of the molecule is CCN(CC(=O)Nc1c(F)cccc1F)C(=O)CCC(=O)c1cc(C)ccc1C. The minimum atomic E-state index is -0.896. The summed E-state index contributed by atoms with van der Waals surface area (Å²) in [4.78, 5) is 38.2. The topological polar surface area (TPSA) is 66.5 Å². The summed E-state index contributed by atoms with van der Waals surface area (Å²) in [6, 6.07) is 8.80. The van der Waals surface area contributed by atoms with Gasteiger partial charge in [-0.2, -0.15) is 0 Å². The second-order valence-corrected chi connectivity index (χ2v) is 6.79. The number of rotatable bonds is 8. The first-order valence-corrected chi connectivity index (χ1v) is 9.35. The molecular formula is C22H24F2N2O3. The van der Waals surface area contributed by atoms with Gasteiger partial charge < -0.3 is 10.2 Å². The van der Waals surface area contributed by atoms with E-state index in [9.17, 15) is 23.2 Å². The molecule has 0 aromatic heterocycles. The van der Waals surface area contributed by atoms with Crippen LogP contribution in [0, 0.1) is 25.5 Å². The lowest BCUT2D eigenvalue weighted by molar-refractivity contribution is -0.134. The highest BCUT2D eigenvalue weighted by Gasteiger charge is 2.19. The Balaban J connectivity index is 1.95. The van der Waals surface area contributed by atoms with E-state index in [1.54, 1.807) is 13.0 Å². The molecule has 2 aromatic rings. The van der Waals surface area contributed by atoms with Gasteiger partial charge in [0.15, 0.2) is 5.78 Å². The van der Waals surface area contributed by atoms with E-state index in [4.69, 9.17) is 0 Å². The Morgan fingerprint density at radius 2 is 1.66 bits per heavy atom. The van der Waals surface area contributed by atoms with E-state index >= 15 is 0 Å². The number of benzene rings is 2. The zero-order valence-corrected chi connectivity index (χ0v) is 16.7. The summed E-state index contributed by atoms with van der Waals surface area (Å²) in [5.74, 6) is -3.03. The monoisotopic (exact) mass is 402 g/mol. The summed E-state index contributed by atoms with van der Waals surface area (Å²) in [7, 11) is 0. The zero-order chi connectivity index (χ0) is 21.6. The van der Waals surface area contributed by atoms with Crippen molar-refractivity contribution in [2.45, 2.75) is 33.6 Å². The van der Waals surface area contributed by atoms with Crippen LogP contribution >= 0.6 is 0 Å². The average Bonchev–Trinajstić information content (AvgIpc) is 2.68. The van der Waals surface area contributed by atoms with Gasteiger partial charge >= 0.3 is 0 Å². The standard InChI is InChI=1S/C22H24F2N2O3/c1-4-26(13-20(28)25-22-17(23)6-5-7-18(22)24)21(29)11-10-19(27)16-12-14(2)8-9-15(16)3/h5-9,12H,4,10-11,13H2,1-3H3,(H,25,28). The number of Topliss-reactive ketones (excluding diaryl/α,β-unsaturated/α-hetero) is 1. The van der Waals surface area contributed by atoms with Gasteiger partial charge in [0, 0.05) is 24.9 Å². The number of amides is 2. The van der Waals surface area contributed by atoms with E-state index in [1.807, 2.05) is 26.0 Å². The molecule has 0 aliphatic rings. The first-order chi connectivity index (χ1) is 13.7. The predicted molar refractivity (Wildman–Crippen MR) is 107 cm³/mol. The number of carbonyl (C=O) groups excluding carboxylic acids is 3. The van der Waals surface area contributed by atoms with Gasteiger partial charge in [-0.25, -0.2) is 8.78 Å². The quantitative estimate of drug-likeness (QED) is 0.678. The van der Waals surface area contributed by atoms with E-state index in [0.717, 1.165) is 23.3 Å². The Bertz CT molecular complexity index is 908. The fourth-order valence-electron chi connectivity index (χ4n) is 2.90. The van der Waals surface area contributed by atoms with Gasteiger partial charge in [-0.3, -0.25) is 14.4 Å². The highest BCUT2D eigenvalue weighted by molar-refractivity contribution is 6.00. The number of hydrogen-bond donors (Lipinski definition) is 1. The molecule has 0 saturated heterocycles. The third kappa shape index (κ3) is 5.94. The van der Waals surface area contributed by atoms with Crippen LogP contribution in [-0.4, -0.2) is 35.6 Å². The molecule has 0 aliphatic carbocycles. The molecule has 0 unspecified atom stereocenters. The number of likely N-dealkylation sites (N-methyl/N-ethyl adjacent to an activating group) is 1. The summed E-state index contributed by atoms with van der Waals surface area (Å²) in [6.45, 7) is 5.27. The van der Waals surface area contributed by atoms with E-state index in [1.165, 1.54) is 11.0 Å². The number of anilines is 1. The van der Waals surface area contributed by atoms with Crippen molar-refractivity contribution < 1.29 is 23.2 Å². The summed E-state index contributed by atoms with van der Waals surface area (Å²) in [5, 5.41) is 2.15. The van der Waals surface area contributed by atoms with E-state index in [0.29, 0.717) is 5.56 Å². The van der Waals surface area contributed by atoms with Crippen molar-refractivity contribution in [2.24, 2.45) is 0 Å². The molecule has 0 aliphatic heterocycles. The van der Waals surface area contributed by atoms with Crippen LogP contribution < -0.4 is 5.32 Å². The molecule has 0 saturated carbocycles. The van der Waals surface area contributed by atoms with Gasteiger partial charge in [-0.15, -0.1) is 0 Å². The molecule has 2 aromatic carbocycles. The molecule has 2 amide bonds. The van der Waals surface area contributed by atoms with Crippen LogP contribution in [0.15, 0.2) is 36.4 Å². The second-order valence-electron chi connectivity index (χ2n) is 6.79. The van der Waals surface area contributed by atoms with Crippen molar-refractivity contribution in [3.05, 3.63) is 64.7 Å². The van der Waals surface area contributed by atoms with Crippen LogP contribution in [0.2, 0.25) is 0 Å². The molecule has 154 valence electrons. The van der Waals surface area contributed by atoms with Crippen LogP contribution in [0.1, 0.15) is 41.3 Å². The number of nitrogens with zero attached hydrogens (tertiary/aromatic N) is 1. The van der Waals surface area contributed by atoms with Crippen molar-refractivity contribution in [1.29, 1.82) is 0 Å². The van der Waals surface area contributed by atoms with Crippen molar-refractivity contribution in [3.8, 4) is 0 Å². The second kappa shape index (κ2) is 9.91. The molecule has 0 heterocycles. The number of ketones is 1. The summed E-state index contributed by atoms with van der Waals surface area (Å²) in [6.07, 6.45) is -0.0371. The van der Waals surface area contributed by atoms with Crippen molar-refractivity contribution in [2.75, 3.05) is 18.4 Å². The molecule has 0 radical (unpaired) electrons. The summed E-state index contributed by atoms with van der Waals surface area (Å²) in [5.41, 5.74) is 1.82. The minimum absolute atomic E-state index is 0.0171. The van der Waals surface area contributed by atoms with Gasteiger partial charge in [0.1, 0.15) is 17.3 Å². The smallest absolute Gasteiger partial charge is 0.244 e. The molecule has 29 heavy (non-hydrogen) atoms. The Labute approximate surface area is 168 Å².